The van der Waals surface area contributed by atoms with Gasteiger partial charge in [0, 0.05) is 24.8 Å². The van der Waals surface area contributed by atoms with Gasteiger partial charge in [-0.3, -0.25) is 9.80 Å². The number of methoxy groups -OCH3 is 2. The lowest BCUT2D eigenvalue weighted by atomic mass is 9.72. The molecule has 2 atom stereocenters. The van der Waals surface area contributed by atoms with Gasteiger partial charge in [-0.15, -0.1) is 0 Å². The van der Waals surface area contributed by atoms with E-state index in [1.807, 2.05) is 6.07 Å². The summed E-state index contributed by atoms with van der Waals surface area (Å²) in [5.41, 5.74) is 3.43. The van der Waals surface area contributed by atoms with Crippen LogP contribution in [0.5, 0.6) is 5.75 Å². The van der Waals surface area contributed by atoms with Crippen LogP contribution in [-0.4, -0.2) is 50.9 Å². The van der Waals surface area contributed by atoms with Gasteiger partial charge in [0.25, 0.3) is 0 Å². The number of nitrogens with zero attached hydrogens (tertiary/aromatic N) is 2. The third kappa shape index (κ3) is 6.31. The summed E-state index contributed by atoms with van der Waals surface area (Å²) in [6, 6.07) is 8.74. The Hall–Kier alpha value is -3.69. The molecule has 1 aliphatic heterocycles. The highest BCUT2D eigenvalue weighted by Gasteiger charge is 2.42. The fourth-order valence-corrected chi connectivity index (χ4v) is 5.78. The summed E-state index contributed by atoms with van der Waals surface area (Å²) in [5, 5.41) is 0. The highest BCUT2D eigenvalue weighted by Crippen LogP contribution is 2.46. The number of alkyl halides is 3. The summed E-state index contributed by atoms with van der Waals surface area (Å²) in [6.07, 6.45) is -4.10. The third-order valence-corrected chi connectivity index (χ3v) is 8.02. The van der Waals surface area contributed by atoms with Gasteiger partial charge < -0.3 is 14.2 Å². The Morgan fingerprint density at radius 1 is 1.17 bits per heavy atom. The third-order valence-electron chi connectivity index (χ3n) is 8.02. The van der Waals surface area contributed by atoms with E-state index in [1.54, 1.807) is 51.1 Å². The number of amides is 2. The molecule has 0 spiro atoms. The average molecular weight is 575 g/mol. The number of halogens is 3. The molecule has 0 radical (unpaired) electrons. The summed E-state index contributed by atoms with van der Waals surface area (Å²) >= 11 is 0. The van der Waals surface area contributed by atoms with Crippen LogP contribution in [0.3, 0.4) is 0 Å². The molecule has 2 amide bonds. The fraction of sp³-hybridized carbons (Fsp3) is 0.484. The first-order chi connectivity index (χ1) is 19.1. The maximum Gasteiger partial charge on any atom is 0.416 e. The minimum Gasteiger partial charge on any atom is -0.496 e. The Morgan fingerprint density at radius 2 is 1.88 bits per heavy atom. The molecule has 1 aliphatic carbocycles. The molecule has 41 heavy (non-hydrogen) atoms. The molecule has 0 unspecified atom stereocenters. The summed E-state index contributed by atoms with van der Waals surface area (Å²) < 4.78 is 56.8. The molecule has 2 aromatic carbocycles. The maximum atomic E-state index is 13.5. The molecule has 2 aromatic rings. The van der Waals surface area contributed by atoms with Crippen molar-refractivity contribution >= 4 is 23.4 Å². The zero-order valence-electron chi connectivity index (χ0n) is 24.5. The number of hydrogen-bond acceptors (Lipinski definition) is 5. The van der Waals surface area contributed by atoms with E-state index in [0.29, 0.717) is 29.0 Å². The number of carbonyl (C=O) groups excluding carboxylic acids is 2. The quantitative estimate of drug-likeness (QED) is 0.353. The van der Waals surface area contributed by atoms with Crippen molar-refractivity contribution in [1.82, 2.24) is 4.90 Å². The van der Waals surface area contributed by atoms with Crippen LogP contribution in [0.15, 0.2) is 42.0 Å². The predicted octanol–water partition coefficient (Wildman–Crippen LogP) is 7.77. The number of hydrogen-bond donors (Lipinski definition) is 0. The highest BCUT2D eigenvalue weighted by atomic mass is 19.4. The molecule has 0 saturated carbocycles. The molecule has 10 heteroatoms. The molecular weight excluding hydrogens is 537 g/mol. The normalized spacial score (nSPS) is 20.6. The maximum absolute atomic E-state index is 13.5. The van der Waals surface area contributed by atoms with Crippen molar-refractivity contribution in [3.05, 3.63) is 64.2 Å². The molecule has 0 N–H and O–H groups in total. The molecular formula is C31H37F3N2O5. The second kappa shape index (κ2) is 11.3. The van der Waals surface area contributed by atoms with Gasteiger partial charge in [0.1, 0.15) is 11.9 Å². The van der Waals surface area contributed by atoms with Gasteiger partial charge in [-0.1, -0.05) is 25.5 Å². The Balaban J connectivity index is 1.73. The smallest absolute Gasteiger partial charge is 0.416 e. The van der Waals surface area contributed by atoms with Gasteiger partial charge >= 0.3 is 18.4 Å². The van der Waals surface area contributed by atoms with Crippen LogP contribution < -0.4 is 9.64 Å². The lowest BCUT2D eigenvalue weighted by Gasteiger charge is -2.36. The number of aryl methyl sites for hydroxylation is 1. The van der Waals surface area contributed by atoms with E-state index >= 15 is 0 Å². The largest absolute Gasteiger partial charge is 0.496 e. The van der Waals surface area contributed by atoms with Crippen molar-refractivity contribution in [3.8, 4) is 5.75 Å². The molecule has 1 heterocycles. The Labute approximate surface area is 238 Å². The number of cyclic esters (lactones) is 1. The van der Waals surface area contributed by atoms with E-state index in [2.05, 4.69) is 13.8 Å². The second-order valence-electron chi connectivity index (χ2n) is 11.6. The Kier molecular flexibility index (Phi) is 8.34. The Bertz CT molecular complexity index is 1370. The minimum atomic E-state index is -4.50. The number of allylic oxidation sites excluding steroid dienone is 1. The monoisotopic (exact) mass is 574 g/mol. The van der Waals surface area contributed by atoms with Gasteiger partial charge in [0.2, 0.25) is 0 Å². The standard InChI is InChI=1S/C31H37F3N2O5/c1-18-12-20(14-22(13-18)31(32,33)34)27-19(2)36(29(38)41-27)17-21-16-30(3,4)11-10-24(21)25-15-23(8-9-26(25)39-6)35(5)28(37)40-7/h8-9,12-15,19,27H,10-11,16-17H2,1-7H3/t19-,27-/m0/s1. The average Bonchev–Trinajstić information content (AvgIpc) is 3.19. The van der Waals surface area contributed by atoms with Crippen LogP contribution in [-0.2, 0) is 15.7 Å². The number of carbonyl (C=O) groups is 2. The summed E-state index contributed by atoms with van der Waals surface area (Å²) in [7, 11) is 4.52. The molecule has 7 nitrogen and oxygen atoms in total. The van der Waals surface area contributed by atoms with E-state index in [0.717, 1.165) is 41.7 Å². The summed E-state index contributed by atoms with van der Waals surface area (Å²) in [4.78, 5) is 28.3. The first kappa shape index (κ1) is 30.3. The van der Waals surface area contributed by atoms with Crippen LogP contribution in [0.4, 0.5) is 28.4 Å². The topological polar surface area (TPSA) is 68.3 Å². The first-order valence-electron chi connectivity index (χ1n) is 13.5. The molecule has 4 rings (SSSR count). The molecule has 0 aromatic heterocycles. The van der Waals surface area contributed by atoms with Crippen molar-refractivity contribution in [1.29, 1.82) is 0 Å². The van der Waals surface area contributed by atoms with Crippen LogP contribution in [0.2, 0.25) is 0 Å². The first-order valence-corrected chi connectivity index (χ1v) is 13.5. The lowest BCUT2D eigenvalue weighted by Crippen LogP contribution is -2.35. The van der Waals surface area contributed by atoms with Crippen molar-refractivity contribution in [2.75, 3.05) is 32.7 Å². The molecule has 222 valence electrons. The van der Waals surface area contributed by atoms with E-state index < -0.39 is 36.1 Å². The van der Waals surface area contributed by atoms with Crippen LogP contribution in [0, 0.1) is 12.3 Å². The summed E-state index contributed by atoms with van der Waals surface area (Å²) in [5.74, 6) is 0.633. The van der Waals surface area contributed by atoms with Crippen molar-refractivity contribution in [3.63, 3.8) is 0 Å². The van der Waals surface area contributed by atoms with Crippen molar-refractivity contribution in [2.24, 2.45) is 5.41 Å². The number of rotatable bonds is 6. The highest BCUT2D eigenvalue weighted by molar-refractivity contribution is 5.88. The van der Waals surface area contributed by atoms with Crippen LogP contribution >= 0.6 is 0 Å². The van der Waals surface area contributed by atoms with Crippen LogP contribution in [0.1, 0.15) is 68.4 Å². The molecule has 0 bridgehead atoms. The van der Waals surface area contributed by atoms with E-state index in [1.165, 1.54) is 12.0 Å². The van der Waals surface area contributed by atoms with E-state index in [-0.39, 0.29) is 12.0 Å². The molecule has 1 saturated heterocycles. The molecule has 2 aliphatic rings. The van der Waals surface area contributed by atoms with Gasteiger partial charge in [0.05, 0.1) is 25.8 Å². The SMILES string of the molecule is COC(=O)N(C)c1ccc(OC)c(C2=C(CN3C(=O)O[C@H](c4cc(C)cc(C(F)(F)F)c4)[C@@H]3C)CC(C)(C)CC2)c1. The zero-order valence-corrected chi connectivity index (χ0v) is 24.5. The van der Waals surface area contributed by atoms with Gasteiger partial charge in [-0.05, 0) is 85.6 Å². The summed E-state index contributed by atoms with van der Waals surface area (Å²) in [6.45, 7) is 7.99. The molecule has 1 fully saturated rings. The lowest BCUT2D eigenvalue weighted by molar-refractivity contribution is -0.137. The minimum absolute atomic E-state index is 0.0308. The number of anilines is 1. The fourth-order valence-electron chi connectivity index (χ4n) is 5.78. The van der Waals surface area contributed by atoms with E-state index in [9.17, 15) is 22.8 Å². The van der Waals surface area contributed by atoms with Gasteiger partial charge in [-0.25, -0.2) is 9.59 Å². The predicted molar refractivity (Wildman–Crippen MR) is 150 cm³/mol. The van der Waals surface area contributed by atoms with Crippen LogP contribution in [0.25, 0.3) is 5.57 Å². The number of ether oxygens (including phenoxy) is 3. The Morgan fingerprint density at radius 3 is 2.51 bits per heavy atom. The van der Waals surface area contributed by atoms with Gasteiger partial charge in [0.15, 0.2) is 0 Å². The zero-order chi connectivity index (χ0) is 30.3. The van der Waals surface area contributed by atoms with Crippen molar-refractivity contribution < 1.29 is 37.0 Å². The number of benzene rings is 2. The van der Waals surface area contributed by atoms with E-state index in [4.69, 9.17) is 14.2 Å². The van der Waals surface area contributed by atoms with Gasteiger partial charge in [-0.2, -0.15) is 13.2 Å². The van der Waals surface area contributed by atoms with Crippen molar-refractivity contribution in [2.45, 2.75) is 65.3 Å². The second-order valence-corrected chi connectivity index (χ2v) is 11.6.